The van der Waals surface area contributed by atoms with Gasteiger partial charge in [0.05, 0.1) is 30.5 Å². The molecule has 3 fully saturated rings. The number of hydrogen-bond acceptors (Lipinski definition) is 6. The van der Waals surface area contributed by atoms with Crippen molar-refractivity contribution in [3.8, 4) is 6.07 Å². The maximum Gasteiger partial charge on any atom is 0.332 e. The third-order valence-corrected chi connectivity index (χ3v) is 8.62. The predicted octanol–water partition coefficient (Wildman–Crippen LogP) is 4.64. The normalized spacial score (nSPS) is 24.3. The second kappa shape index (κ2) is 11.2. The smallest absolute Gasteiger partial charge is 0.332 e. The van der Waals surface area contributed by atoms with Crippen LogP contribution in [-0.4, -0.2) is 83.5 Å². The van der Waals surface area contributed by atoms with E-state index in [2.05, 4.69) is 6.07 Å². The zero-order valence-electron chi connectivity index (χ0n) is 22.7. The summed E-state index contributed by atoms with van der Waals surface area (Å²) in [5.74, 6) is -1.59. The van der Waals surface area contributed by atoms with E-state index >= 15 is 0 Å². The predicted molar refractivity (Wildman–Crippen MR) is 152 cm³/mol. The van der Waals surface area contributed by atoms with Gasteiger partial charge in [0.15, 0.2) is 0 Å². The number of piperidine rings is 1. The number of anilines is 1. The molecule has 0 N–H and O–H groups in total. The molecule has 1 spiro atoms. The summed E-state index contributed by atoms with van der Waals surface area (Å²) < 4.78 is 5.25. The molecule has 3 aliphatic heterocycles. The molecule has 5 rings (SSSR count). The van der Waals surface area contributed by atoms with Gasteiger partial charge in [-0.05, 0) is 62.1 Å². The fourth-order valence-corrected chi connectivity index (χ4v) is 6.69. The topological polar surface area (TPSA) is 114 Å². The lowest BCUT2D eigenvalue weighted by atomic mass is 9.80. The molecule has 0 bridgehead atoms. The third kappa shape index (κ3) is 4.87. The van der Waals surface area contributed by atoms with Crippen LogP contribution >= 0.6 is 23.2 Å². The lowest BCUT2D eigenvalue weighted by Crippen LogP contribution is -2.56. The number of esters is 1. The lowest BCUT2D eigenvalue weighted by molar-refractivity contribution is -0.149. The molecule has 3 atom stereocenters. The summed E-state index contributed by atoms with van der Waals surface area (Å²) in [6, 6.07) is 11.6. The molecule has 3 heterocycles. The van der Waals surface area contributed by atoms with Crippen molar-refractivity contribution >= 4 is 52.8 Å². The van der Waals surface area contributed by atoms with Gasteiger partial charge in [0.2, 0.25) is 0 Å². The average Bonchev–Trinajstić information content (AvgIpc) is 3.45. The number of ether oxygens (including phenoxy) is 1. The number of imide groups is 1. The second-order valence-corrected chi connectivity index (χ2v) is 11.3. The minimum absolute atomic E-state index is 0.0889. The van der Waals surface area contributed by atoms with Crippen LogP contribution in [0.4, 0.5) is 15.3 Å². The molecule has 3 aliphatic rings. The Labute approximate surface area is 247 Å². The summed E-state index contributed by atoms with van der Waals surface area (Å²) in [7, 11) is 1.54. The number of hydrogen-bond donors (Lipinski definition) is 0. The van der Waals surface area contributed by atoms with E-state index < -0.39 is 41.4 Å². The number of likely N-dealkylation sites (N-methyl/N-ethyl adjacent to an activating group) is 1. The Bertz CT molecular complexity index is 1420. The van der Waals surface area contributed by atoms with E-state index in [0.717, 1.165) is 17.7 Å². The number of benzene rings is 2. The van der Waals surface area contributed by atoms with E-state index in [1.807, 2.05) is 0 Å². The van der Waals surface area contributed by atoms with Crippen LogP contribution in [-0.2, 0) is 14.3 Å². The van der Waals surface area contributed by atoms with Crippen LogP contribution in [0.3, 0.4) is 0 Å². The summed E-state index contributed by atoms with van der Waals surface area (Å²) in [5, 5.41) is 9.83. The first-order valence-corrected chi connectivity index (χ1v) is 14.2. The fourth-order valence-electron chi connectivity index (χ4n) is 6.18. The van der Waals surface area contributed by atoms with Gasteiger partial charge in [0, 0.05) is 36.1 Å². The standard InChI is InChI=1S/C29H29Cl2N5O5/c1-3-41-25(37)24-6-4-5-11-35(24)28(40)34-16-23(19-9-7-18(15-32)8-10-19)29(17-34)26(38)36(27(39)33(29)2)22-13-20(30)12-21(31)14-22/h7-10,12-14,23-24H,3-6,11,16-17H2,1-2H3/t23-,24?,29+/m0/s1. The Hall–Kier alpha value is -3.81. The van der Waals surface area contributed by atoms with Crippen molar-refractivity contribution in [1.82, 2.24) is 14.7 Å². The lowest BCUT2D eigenvalue weighted by Gasteiger charge is -2.37. The van der Waals surface area contributed by atoms with Gasteiger partial charge in [-0.1, -0.05) is 35.3 Å². The fraction of sp³-hybridized carbons (Fsp3) is 0.414. The van der Waals surface area contributed by atoms with Gasteiger partial charge in [0.25, 0.3) is 5.91 Å². The number of urea groups is 2. The second-order valence-electron chi connectivity index (χ2n) is 10.4. The quantitative estimate of drug-likeness (QED) is 0.374. The minimum atomic E-state index is -1.45. The first-order chi connectivity index (χ1) is 19.6. The number of carbonyl (C=O) groups is 4. The SMILES string of the molecule is CCOC(=O)C1CCCCN1C(=O)N1C[C@@H](c2ccc(C#N)cc2)[C@]2(C1)C(=O)N(c1cc(Cl)cc(Cl)c1)C(=O)N2C. The summed E-state index contributed by atoms with van der Waals surface area (Å²) >= 11 is 12.4. The van der Waals surface area contributed by atoms with Gasteiger partial charge in [-0.25, -0.2) is 19.3 Å². The highest BCUT2D eigenvalue weighted by Crippen LogP contribution is 2.47. The average molecular weight is 598 g/mol. The maximum atomic E-state index is 14.4. The molecule has 41 heavy (non-hydrogen) atoms. The van der Waals surface area contributed by atoms with Gasteiger partial charge >= 0.3 is 18.0 Å². The highest BCUT2D eigenvalue weighted by molar-refractivity contribution is 6.35. The number of rotatable bonds is 4. The number of amides is 5. The van der Waals surface area contributed by atoms with E-state index in [1.165, 1.54) is 32.9 Å². The summed E-state index contributed by atoms with van der Waals surface area (Å²) in [5.41, 5.74) is -0.0937. The molecule has 0 saturated carbocycles. The van der Waals surface area contributed by atoms with Gasteiger partial charge in [0.1, 0.15) is 11.6 Å². The van der Waals surface area contributed by atoms with Gasteiger partial charge in [-0.15, -0.1) is 0 Å². The van der Waals surface area contributed by atoms with Crippen molar-refractivity contribution in [2.45, 2.75) is 43.7 Å². The van der Waals surface area contributed by atoms with E-state index in [1.54, 1.807) is 38.2 Å². The maximum absolute atomic E-state index is 14.4. The van der Waals surface area contributed by atoms with Crippen LogP contribution in [0.15, 0.2) is 42.5 Å². The summed E-state index contributed by atoms with van der Waals surface area (Å²) in [6.45, 7) is 2.33. The van der Waals surface area contributed by atoms with Gasteiger partial charge in [-0.3, -0.25) is 4.79 Å². The van der Waals surface area contributed by atoms with Crippen LogP contribution in [0, 0.1) is 11.3 Å². The molecular weight excluding hydrogens is 569 g/mol. The molecule has 214 valence electrons. The van der Waals surface area contributed by atoms with Gasteiger partial charge in [-0.2, -0.15) is 5.26 Å². The highest BCUT2D eigenvalue weighted by atomic mass is 35.5. The minimum Gasteiger partial charge on any atom is -0.464 e. The molecule has 2 aromatic carbocycles. The van der Waals surface area contributed by atoms with Crippen molar-refractivity contribution in [2.75, 3.05) is 38.2 Å². The number of nitrogens with zero attached hydrogens (tertiary/aromatic N) is 5. The molecule has 12 heteroatoms. The van der Waals surface area contributed by atoms with Crippen LogP contribution < -0.4 is 4.90 Å². The number of halogens is 2. The molecule has 5 amide bonds. The van der Waals surface area contributed by atoms with Crippen LogP contribution in [0.1, 0.15) is 43.2 Å². The first kappa shape index (κ1) is 28.7. The first-order valence-electron chi connectivity index (χ1n) is 13.4. The number of carbonyl (C=O) groups excluding carboxylic acids is 4. The number of nitriles is 1. The Morgan fingerprint density at radius 3 is 2.41 bits per heavy atom. The monoisotopic (exact) mass is 597 g/mol. The molecular formula is C29H29Cl2N5O5. The molecule has 0 radical (unpaired) electrons. The van der Waals surface area contributed by atoms with Crippen molar-refractivity contribution in [3.05, 3.63) is 63.6 Å². The molecule has 2 aromatic rings. The van der Waals surface area contributed by atoms with E-state index in [9.17, 15) is 24.4 Å². The zero-order valence-corrected chi connectivity index (χ0v) is 24.2. The largest absolute Gasteiger partial charge is 0.464 e. The molecule has 0 aromatic heterocycles. The highest BCUT2D eigenvalue weighted by Gasteiger charge is 2.65. The Morgan fingerprint density at radius 1 is 1.10 bits per heavy atom. The van der Waals surface area contributed by atoms with Crippen molar-refractivity contribution in [1.29, 1.82) is 5.26 Å². The summed E-state index contributed by atoms with van der Waals surface area (Å²) in [4.78, 5) is 60.3. The Balaban J connectivity index is 1.56. The molecule has 0 aliphatic carbocycles. The molecule has 1 unspecified atom stereocenters. The van der Waals surface area contributed by atoms with Crippen LogP contribution in [0.25, 0.3) is 0 Å². The zero-order chi connectivity index (χ0) is 29.5. The van der Waals surface area contributed by atoms with Gasteiger partial charge < -0.3 is 19.4 Å². The van der Waals surface area contributed by atoms with Crippen molar-refractivity contribution in [2.24, 2.45) is 0 Å². The van der Waals surface area contributed by atoms with E-state index in [0.29, 0.717) is 24.1 Å². The van der Waals surface area contributed by atoms with E-state index in [-0.39, 0.29) is 35.4 Å². The summed E-state index contributed by atoms with van der Waals surface area (Å²) in [6.07, 6.45) is 2.02. The van der Waals surface area contributed by atoms with Crippen molar-refractivity contribution in [3.63, 3.8) is 0 Å². The molecule has 3 saturated heterocycles. The van der Waals surface area contributed by atoms with E-state index in [4.69, 9.17) is 27.9 Å². The Kier molecular flexibility index (Phi) is 7.86. The molecule has 10 nitrogen and oxygen atoms in total. The van der Waals surface area contributed by atoms with Crippen LogP contribution in [0.2, 0.25) is 10.0 Å². The third-order valence-electron chi connectivity index (χ3n) is 8.19. The Morgan fingerprint density at radius 2 is 1.78 bits per heavy atom. The number of likely N-dealkylation sites (tertiary alicyclic amines) is 2. The van der Waals surface area contributed by atoms with Crippen molar-refractivity contribution < 1.29 is 23.9 Å². The van der Waals surface area contributed by atoms with Crippen LogP contribution in [0.5, 0.6) is 0 Å².